The number of anilines is 1. The van der Waals surface area contributed by atoms with E-state index in [0.29, 0.717) is 22.1 Å². The second-order valence-corrected chi connectivity index (χ2v) is 8.99. The maximum atomic E-state index is 13.2. The van der Waals surface area contributed by atoms with Crippen molar-refractivity contribution in [2.75, 3.05) is 11.9 Å². The van der Waals surface area contributed by atoms with Gasteiger partial charge in [-0.1, -0.05) is 35.9 Å². The summed E-state index contributed by atoms with van der Waals surface area (Å²) in [6.07, 6.45) is 2.26. The van der Waals surface area contributed by atoms with Gasteiger partial charge in [0.1, 0.15) is 17.9 Å². The molecule has 32 heavy (non-hydrogen) atoms. The van der Waals surface area contributed by atoms with Crippen LogP contribution in [-0.2, 0) is 21.5 Å². The third kappa shape index (κ3) is 4.49. The Hall–Kier alpha value is -3.30. The molecule has 4 rings (SSSR count). The van der Waals surface area contributed by atoms with Crippen molar-refractivity contribution in [3.8, 4) is 0 Å². The van der Waals surface area contributed by atoms with Crippen molar-refractivity contribution < 1.29 is 18.8 Å². The number of imide groups is 1. The first kappa shape index (κ1) is 21.9. The minimum Gasteiger partial charge on any atom is -0.319 e. The molecule has 1 saturated heterocycles. The summed E-state index contributed by atoms with van der Waals surface area (Å²) in [6, 6.07) is 12.0. The molecule has 0 spiro atoms. The Morgan fingerprint density at radius 1 is 1.25 bits per heavy atom. The third-order valence-electron chi connectivity index (χ3n) is 5.07. The van der Waals surface area contributed by atoms with Crippen molar-refractivity contribution in [1.29, 1.82) is 0 Å². The number of carbonyl (C=O) groups is 3. The fourth-order valence-corrected chi connectivity index (χ4v) is 4.49. The van der Waals surface area contributed by atoms with E-state index in [2.05, 4.69) is 15.6 Å². The Morgan fingerprint density at radius 2 is 2.00 bits per heavy atom. The molecule has 0 bridgehead atoms. The molecule has 1 aromatic heterocycles. The van der Waals surface area contributed by atoms with E-state index in [-0.39, 0.29) is 0 Å². The summed E-state index contributed by atoms with van der Waals surface area (Å²) < 4.78 is 13.2. The topological polar surface area (TPSA) is 91.4 Å². The van der Waals surface area contributed by atoms with E-state index in [1.165, 1.54) is 42.5 Å². The Morgan fingerprint density at radius 3 is 2.72 bits per heavy atom. The van der Waals surface area contributed by atoms with Gasteiger partial charge in [-0.25, -0.2) is 14.2 Å². The zero-order valence-corrected chi connectivity index (χ0v) is 18.5. The quantitative estimate of drug-likeness (QED) is 0.532. The number of urea groups is 1. The molecule has 2 aromatic carbocycles. The molecule has 1 aliphatic heterocycles. The lowest BCUT2D eigenvalue weighted by atomic mass is 9.92. The van der Waals surface area contributed by atoms with E-state index in [0.717, 1.165) is 15.3 Å². The summed E-state index contributed by atoms with van der Waals surface area (Å²) in [7, 11) is 0. The maximum absolute atomic E-state index is 13.2. The SMILES string of the molecule is CC1(c2ccc(F)cc2)NC(=O)N(CC(=O)Nc2ncc(Cc3cccc(Cl)c3)s2)C1=O. The molecule has 2 N–H and O–H groups in total. The van der Waals surface area contributed by atoms with Crippen LogP contribution < -0.4 is 10.6 Å². The number of hydrogen-bond acceptors (Lipinski definition) is 5. The molecule has 3 aromatic rings. The number of nitrogens with zero attached hydrogens (tertiary/aromatic N) is 2. The van der Waals surface area contributed by atoms with E-state index in [1.54, 1.807) is 12.3 Å². The lowest BCUT2D eigenvalue weighted by molar-refractivity contribution is -0.133. The van der Waals surface area contributed by atoms with E-state index in [9.17, 15) is 18.8 Å². The molecule has 1 fully saturated rings. The number of thiazole rings is 1. The van der Waals surface area contributed by atoms with E-state index >= 15 is 0 Å². The zero-order chi connectivity index (χ0) is 22.9. The van der Waals surface area contributed by atoms with Crippen molar-refractivity contribution in [1.82, 2.24) is 15.2 Å². The molecule has 1 atom stereocenters. The normalized spacial score (nSPS) is 18.0. The molecule has 7 nitrogen and oxygen atoms in total. The van der Waals surface area contributed by atoms with Crippen LogP contribution in [0.25, 0.3) is 0 Å². The smallest absolute Gasteiger partial charge is 0.319 e. The molecule has 4 amide bonds. The van der Waals surface area contributed by atoms with Crippen molar-refractivity contribution in [2.45, 2.75) is 18.9 Å². The summed E-state index contributed by atoms with van der Waals surface area (Å²) in [4.78, 5) is 43.7. The molecule has 164 valence electrons. The van der Waals surface area contributed by atoms with Crippen LogP contribution in [0, 0.1) is 5.82 Å². The second kappa shape index (κ2) is 8.68. The lowest BCUT2D eigenvalue weighted by Gasteiger charge is -2.22. The lowest BCUT2D eigenvalue weighted by Crippen LogP contribution is -2.42. The summed E-state index contributed by atoms with van der Waals surface area (Å²) in [5.41, 5.74) is 0.0558. The van der Waals surface area contributed by atoms with Gasteiger partial charge in [0, 0.05) is 22.5 Å². The standard InChI is InChI=1S/C22H18ClFN4O3S/c1-22(14-5-7-16(24)8-6-14)19(30)28(21(31)27-22)12-18(29)26-20-25-11-17(32-20)10-13-3-2-4-15(23)9-13/h2-9,11H,10,12H2,1H3,(H,27,31)(H,25,26,29). The molecule has 0 aliphatic carbocycles. The third-order valence-corrected chi connectivity index (χ3v) is 6.21. The van der Waals surface area contributed by atoms with Crippen molar-refractivity contribution in [2.24, 2.45) is 0 Å². The summed E-state index contributed by atoms with van der Waals surface area (Å²) in [6.45, 7) is 1.05. The molecular formula is C22H18ClFN4O3S. The monoisotopic (exact) mass is 472 g/mol. The van der Waals surface area contributed by atoms with Gasteiger partial charge in [-0.05, 0) is 42.3 Å². The number of amides is 4. The number of benzene rings is 2. The molecule has 2 heterocycles. The fourth-order valence-electron chi connectivity index (χ4n) is 3.42. The second-order valence-electron chi connectivity index (χ2n) is 7.44. The average molecular weight is 473 g/mol. The molecule has 0 saturated carbocycles. The Kier molecular flexibility index (Phi) is 5.94. The van der Waals surface area contributed by atoms with Gasteiger partial charge in [0.05, 0.1) is 0 Å². The van der Waals surface area contributed by atoms with Crippen LogP contribution in [0.3, 0.4) is 0 Å². The first-order valence-corrected chi connectivity index (χ1v) is 10.8. The Labute approximate surface area is 192 Å². The number of nitrogens with one attached hydrogen (secondary N) is 2. The number of aromatic nitrogens is 1. The van der Waals surface area contributed by atoms with Crippen molar-refractivity contribution >= 4 is 45.9 Å². The predicted molar refractivity (Wildman–Crippen MR) is 119 cm³/mol. The highest BCUT2D eigenvalue weighted by molar-refractivity contribution is 7.15. The van der Waals surface area contributed by atoms with Gasteiger partial charge >= 0.3 is 6.03 Å². The molecule has 1 aliphatic rings. The van der Waals surface area contributed by atoms with E-state index in [4.69, 9.17) is 11.6 Å². The number of rotatable bonds is 6. The van der Waals surface area contributed by atoms with Crippen LogP contribution in [0.4, 0.5) is 14.3 Å². The number of halogens is 2. The van der Waals surface area contributed by atoms with Crippen LogP contribution in [-0.4, -0.2) is 34.3 Å². The Bertz CT molecular complexity index is 1200. The average Bonchev–Trinajstić information content (AvgIpc) is 3.26. The maximum Gasteiger partial charge on any atom is 0.325 e. The van der Waals surface area contributed by atoms with E-state index < -0.39 is 35.7 Å². The molecule has 0 radical (unpaired) electrons. The first-order chi connectivity index (χ1) is 15.2. The van der Waals surface area contributed by atoms with Gasteiger partial charge in [0.15, 0.2) is 5.13 Å². The summed E-state index contributed by atoms with van der Waals surface area (Å²) in [5, 5.41) is 6.21. The fraction of sp³-hybridized carbons (Fsp3) is 0.182. The van der Waals surface area contributed by atoms with Crippen LogP contribution in [0.5, 0.6) is 0 Å². The minimum atomic E-state index is -1.38. The highest BCUT2D eigenvalue weighted by Gasteiger charge is 2.49. The first-order valence-electron chi connectivity index (χ1n) is 9.64. The van der Waals surface area contributed by atoms with Crippen LogP contribution in [0.1, 0.15) is 22.9 Å². The highest BCUT2D eigenvalue weighted by Crippen LogP contribution is 2.29. The van der Waals surface area contributed by atoms with Crippen molar-refractivity contribution in [3.05, 3.63) is 81.6 Å². The number of hydrogen-bond donors (Lipinski definition) is 2. The number of carbonyl (C=O) groups excluding carboxylic acids is 3. The summed E-state index contributed by atoms with van der Waals surface area (Å²) >= 11 is 7.30. The van der Waals surface area contributed by atoms with Gasteiger partial charge < -0.3 is 10.6 Å². The van der Waals surface area contributed by atoms with Gasteiger partial charge in [0.25, 0.3) is 5.91 Å². The molecular weight excluding hydrogens is 455 g/mol. The van der Waals surface area contributed by atoms with Gasteiger partial charge in [0.2, 0.25) is 5.91 Å². The highest BCUT2D eigenvalue weighted by atomic mass is 35.5. The van der Waals surface area contributed by atoms with Crippen LogP contribution in [0.2, 0.25) is 5.02 Å². The molecule has 1 unspecified atom stereocenters. The van der Waals surface area contributed by atoms with Gasteiger partial charge in [-0.3, -0.25) is 14.5 Å². The summed E-state index contributed by atoms with van der Waals surface area (Å²) in [5.74, 6) is -1.60. The van der Waals surface area contributed by atoms with E-state index in [1.807, 2.05) is 18.2 Å². The Balaban J connectivity index is 1.40. The largest absolute Gasteiger partial charge is 0.325 e. The van der Waals surface area contributed by atoms with Gasteiger partial charge in [-0.2, -0.15) is 0 Å². The zero-order valence-electron chi connectivity index (χ0n) is 16.9. The van der Waals surface area contributed by atoms with Gasteiger partial charge in [-0.15, -0.1) is 11.3 Å². The van der Waals surface area contributed by atoms with Crippen LogP contribution >= 0.6 is 22.9 Å². The van der Waals surface area contributed by atoms with Crippen LogP contribution in [0.15, 0.2) is 54.7 Å². The van der Waals surface area contributed by atoms with Crippen molar-refractivity contribution in [3.63, 3.8) is 0 Å². The predicted octanol–water partition coefficient (Wildman–Crippen LogP) is 3.93. The molecule has 10 heteroatoms. The minimum absolute atomic E-state index is 0.361.